The van der Waals surface area contributed by atoms with Crippen molar-refractivity contribution >= 4 is 11.3 Å². The molecule has 0 aromatic carbocycles. The molecule has 1 atom stereocenters. The van der Waals surface area contributed by atoms with Gasteiger partial charge in [-0.2, -0.15) is 0 Å². The van der Waals surface area contributed by atoms with Crippen molar-refractivity contribution in [1.29, 1.82) is 0 Å². The summed E-state index contributed by atoms with van der Waals surface area (Å²) in [7, 11) is 0. The molecule has 0 bridgehead atoms. The van der Waals surface area contributed by atoms with Gasteiger partial charge in [-0.15, -0.1) is 11.3 Å². The number of nitrogens with zero attached hydrogens (tertiary/aromatic N) is 1. The summed E-state index contributed by atoms with van der Waals surface area (Å²) < 4.78 is 0. The molecule has 0 spiro atoms. The van der Waals surface area contributed by atoms with Gasteiger partial charge in [-0.05, 0) is 57.2 Å². The lowest BCUT2D eigenvalue weighted by molar-refractivity contribution is 0.178. The fraction of sp³-hybridized carbons (Fsp3) is 0.733. The molecule has 1 N–H and O–H groups in total. The van der Waals surface area contributed by atoms with Crippen molar-refractivity contribution in [3.63, 3.8) is 0 Å². The average molecular weight is 266 g/mol. The van der Waals surface area contributed by atoms with Gasteiger partial charge in [0.25, 0.3) is 0 Å². The minimum absolute atomic E-state index is 0.621. The molecule has 0 radical (unpaired) electrons. The summed E-state index contributed by atoms with van der Waals surface area (Å²) in [6, 6.07) is 3.55. The molecule has 102 valence electrons. The lowest BCUT2D eigenvalue weighted by Gasteiger charge is -2.33. The monoisotopic (exact) mass is 266 g/mol. The van der Waals surface area contributed by atoms with Gasteiger partial charge in [0.15, 0.2) is 0 Å². The SMILES string of the molecule is Cc1ccsc1CN(CC1CCCCN1)C(C)C. The summed E-state index contributed by atoms with van der Waals surface area (Å²) in [6.45, 7) is 10.4. The van der Waals surface area contributed by atoms with E-state index in [2.05, 4.69) is 42.4 Å². The number of aryl methyl sites for hydroxylation is 1. The molecular weight excluding hydrogens is 240 g/mol. The zero-order chi connectivity index (χ0) is 13.0. The molecule has 1 aromatic heterocycles. The Bertz CT molecular complexity index is 353. The topological polar surface area (TPSA) is 15.3 Å². The molecule has 3 heteroatoms. The number of hydrogen-bond acceptors (Lipinski definition) is 3. The Labute approximate surface area is 115 Å². The first-order valence-electron chi connectivity index (χ1n) is 7.17. The number of nitrogens with one attached hydrogen (secondary N) is 1. The third-order valence-electron chi connectivity index (χ3n) is 3.91. The Kier molecular flexibility index (Phi) is 5.22. The lowest BCUT2D eigenvalue weighted by atomic mass is 10.0. The van der Waals surface area contributed by atoms with Gasteiger partial charge in [0.2, 0.25) is 0 Å². The van der Waals surface area contributed by atoms with Crippen LogP contribution in [0, 0.1) is 6.92 Å². The highest BCUT2D eigenvalue weighted by atomic mass is 32.1. The molecular formula is C15H26N2S. The van der Waals surface area contributed by atoms with Crippen LogP contribution < -0.4 is 5.32 Å². The Hall–Kier alpha value is -0.380. The van der Waals surface area contributed by atoms with Gasteiger partial charge < -0.3 is 5.32 Å². The predicted octanol–water partition coefficient (Wildman–Crippen LogP) is 3.41. The van der Waals surface area contributed by atoms with E-state index in [1.165, 1.54) is 42.8 Å². The van der Waals surface area contributed by atoms with E-state index in [1.54, 1.807) is 0 Å². The van der Waals surface area contributed by atoms with Gasteiger partial charge in [0.05, 0.1) is 0 Å². The van der Waals surface area contributed by atoms with Crippen LogP contribution in [0.3, 0.4) is 0 Å². The minimum atomic E-state index is 0.621. The first-order chi connectivity index (χ1) is 8.66. The van der Waals surface area contributed by atoms with Crippen LogP contribution in [-0.4, -0.2) is 30.1 Å². The van der Waals surface area contributed by atoms with Crippen LogP contribution in [-0.2, 0) is 6.54 Å². The third kappa shape index (κ3) is 3.81. The molecule has 1 aliphatic heterocycles. The van der Waals surface area contributed by atoms with Crippen molar-refractivity contribution in [3.8, 4) is 0 Å². The maximum Gasteiger partial charge on any atom is 0.0333 e. The summed E-state index contributed by atoms with van der Waals surface area (Å²) in [4.78, 5) is 4.14. The van der Waals surface area contributed by atoms with E-state index in [-0.39, 0.29) is 0 Å². The van der Waals surface area contributed by atoms with E-state index >= 15 is 0 Å². The molecule has 1 saturated heterocycles. The van der Waals surface area contributed by atoms with Gasteiger partial charge in [-0.3, -0.25) is 4.90 Å². The van der Waals surface area contributed by atoms with Crippen LogP contribution in [0.1, 0.15) is 43.6 Å². The average Bonchev–Trinajstić information content (AvgIpc) is 2.75. The van der Waals surface area contributed by atoms with Crippen molar-refractivity contribution in [2.45, 2.75) is 58.7 Å². The quantitative estimate of drug-likeness (QED) is 0.878. The van der Waals surface area contributed by atoms with E-state index < -0.39 is 0 Å². The van der Waals surface area contributed by atoms with Crippen molar-refractivity contribution < 1.29 is 0 Å². The zero-order valence-electron chi connectivity index (χ0n) is 11.9. The Morgan fingerprint density at radius 1 is 1.44 bits per heavy atom. The van der Waals surface area contributed by atoms with Gasteiger partial charge in [-0.25, -0.2) is 0 Å². The predicted molar refractivity (Wildman–Crippen MR) is 80.2 cm³/mol. The minimum Gasteiger partial charge on any atom is -0.313 e. The highest BCUT2D eigenvalue weighted by Gasteiger charge is 2.19. The summed E-state index contributed by atoms with van der Waals surface area (Å²) in [6.07, 6.45) is 4.08. The first-order valence-corrected chi connectivity index (χ1v) is 8.05. The second kappa shape index (κ2) is 6.69. The molecule has 1 aliphatic rings. The highest BCUT2D eigenvalue weighted by molar-refractivity contribution is 7.10. The molecule has 2 rings (SSSR count). The van der Waals surface area contributed by atoms with E-state index in [9.17, 15) is 0 Å². The first kappa shape index (κ1) is 14.0. The molecule has 1 fully saturated rings. The van der Waals surface area contributed by atoms with Crippen LogP contribution in [0.2, 0.25) is 0 Å². The Balaban J connectivity index is 1.93. The largest absolute Gasteiger partial charge is 0.313 e. The maximum atomic E-state index is 3.66. The molecule has 2 nitrogen and oxygen atoms in total. The smallest absolute Gasteiger partial charge is 0.0333 e. The van der Waals surface area contributed by atoms with E-state index in [1.807, 2.05) is 11.3 Å². The molecule has 0 amide bonds. The van der Waals surface area contributed by atoms with Crippen molar-refractivity contribution in [2.75, 3.05) is 13.1 Å². The highest BCUT2D eigenvalue weighted by Crippen LogP contribution is 2.20. The van der Waals surface area contributed by atoms with E-state index in [0.29, 0.717) is 12.1 Å². The molecule has 1 unspecified atom stereocenters. The van der Waals surface area contributed by atoms with Crippen LogP contribution in [0.25, 0.3) is 0 Å². The molecule has 2 heterocycles. The van der Waals surface area contributed by atoms with E-state index in [0.717, 1.165) is 6.54 Å². The fourth-order valence-electron chi connectivity index (χ4n) is 2.57. The zero-order valence-corrected chi connectivity index (χ0v) is 12.7. The van der Waals surface area contributed by atoms with Crippen LogP contribution in [0.15, 0.2) is 11.4 Å². The van der Waals surface area contributed by atoms with Crippen molar-refractivity contribution in [2.24, 2.45) is 0 Å². The Morgan fingerprint density at radius 2 is 2.28 bits per heavy atom. The number of rotatable bonds is 5. The molecule has 0 aliphatic carbocycles. The van der Waals surface area contributed by atoms with Crippen LogP contribution in [0.5, 0.6) is 0 Å². The number of thiophene rings is 1. The standard InChI is InChI=1S/C15H26N2S/c1-12(2)17(10-14-6-4-5-8-16-14)11-15-13(3)7-9-18-15/h7,9,12,14,16H,4-6,8,10-11H2,1-3H3. The normalized spacial score (nSPS) is 20.8. The Morgan fingerprint density at radius 3 is 2.83 bits per heavy atom. The maximum absolute atomic E-state index is 3.66. The summed E-state index contributed by atoms with van der Waals surface area (Å²) in [5, 5.41) is 5.87. The van der Waals surface area contributed by atoms with Gasteiger partial charge in [0, 0.05) is 30.1 Å². The third-order valence-corrected chi connectivity index (χ3v) is 4.92. The molecule has 18 heavy (non-hydrogen) atoms. The second-order valence-electron chi connectivity index (χ2n) is 5.70. The molecule has 1 aromatic rings. The summed E-state index contributed by atoms with van der Waals surface area (Å²) in [5.74, 6) is 0. The summed E-state index contributed by atoms with van der Waals surface area (Å²) in [5.41, 5.74) is 1.45. The number of piperidine rings is 1. The van der Waals surface area contributed by atoms with Crippen LogP contribution in [0.4, 0.5) is 0 Å². The summed E-state index contributed by atoms with van der Waals surface area (Å²) >= 11 is 1.90. The van der Waals surface area contributed by atoms with Crippen LogP contribution >= 0.6 is 11.3 Å². The van der Waals surface area contributed by atoms with Gasteiger partial charge in [0.1, 0.15) is 0 Å². The fourth-order valence-corrected chi connectivity index (χ4v) is 3.50. The molecule has 0 saturated carbocycles. The number of hydrogen-bond donors (Lipinski definition) is 1. The van der Waals surface area contributed by atoms with Gasteiger partial charge >= 0.3 is 0 Å². The second-order valence-corrected chi connectivity index (χ2v) is 6.70. The lowest BCUT2D eigenvalue weighted by Crippen LogP contribution is -2.45. The van der Waals surface area contributed by atoms with Crippen molar-refractivity contribution in [3.05, 3.63) is 21.9 Å². The van der Waals surface area contributed by atoms with E-state index in [4.69, 9.17) is 0 Å². The van der Waals surface area contributed by atoms with Crippen molar-refractivity contribution in [1.82, 2.24) is 10.2 Å². The van der Waals surface area contributed by atoms with Gasteiger partial charge in [-0.1, -0.05) is 6.42 Å².